The average Bonchev–Trinajstić information content (AvgIpc) is 2.27. The first kappa shape index (κ1) is 13.3. The number of ether oxygens (including phenoxy) is 1. The van der Waals surface area contributed by atoms with E-state index in [-0.39, 0.29) is 17.5 Å². The second-order valence-electron chi connectivity index (χ2n) is 6.14. The first-order chi connectivity index (χ1) is 8.25. The molecule has 0 spiro atoms. The van der Waals surface area contributed by atoms with Gasteiger partial charge in [-0.05, 0) is 52.9 Å². The molecule has 0 saturated carbocycles. The average molecular weight is 250 g/mol. The maximum absolute atomic E-state index is 12.2. The van der Waals surface area contributed by atoms with E-state index in [0.29, 0.717) is 0 Å². The van der Waals surface area contributed by atoms with Gasteiger partial charge < -0.3 is 9.84 Å². The fourth-order valence-corrected chi connectivity index (χ4v) is 2.82. The SMILES string of the molecule is CC1=CCC(C2(C)OC(C)(C)C(O)=CC2=O)CC1. The summed E-state index contributed by atoms with van der Waals surface area (Å²) in [5.41, 5.74) is -0.207. The van der Waals surface area contributed by atoms with E-state index in [9.17, 15) is 9.90 Å². The van der Waals surface area contributed by atoms with Crippen LogP contribution in [-0.2, 0) is 9.53 Å². The van der Waals surface area contributed by atoms with E-state index in [2.05, 4.69) is 13.0 Å². The highest BCUT2D eigenvalue weighted by Gasteiger charge is 2.49. The van der Waals surface area contributed by atoms with Crippen molar-refractivity contribution in [1.29, 1.82) is 0 Å². The molecule has 0 amide bonds. The number of hydrogen-bond acceptors (Lipinski definition) is 3. The Labute approximate surface area is 109 Å². The summed E-state index contributed by atoms with van der Waals surface area (Å²) in [6.45, 7) is 7.58. The Hall–Kier alpha value is -1.09. The van der Waals surface area contributed by atoms with Gasteiger partial charge in [-0.3, -0.25) is 4.79 Å². The lowest BCUT2D eigenvalue weighted by Gasteiger charge is -2.45. The summed E-state index contributed by atoms with van der Waals surface area (Å²) in [6, 6.07) is 0. The normalized spacial score (nSPS) is 36.0. The van der Waals surface area contributed by atoms with Crippen LogP contribution in [0.3, 0.4) is 0 Å². The summed E-state index contributed by atoms with van der Waals surface area (Å²) < 4.78 is 5.96. The van der Waals surface area contributed by atoms with Gasteiger partial charge in [0.25, 0.3) is 0 Å². The molecule has 2 aliphatic rings. The number of rotatable bonds is 1. The van der Waals surface area contributed by atoms with Gasteiger partial charge in [-0.15, -0.1) is 0 Å². The zero-order chi connectivity index (χ0) is 13.6. The van der Waals surface area contributed by atoms with E-state index in [0.717, 1.165) is 19.3 Å². The monoisotopic (exact) mass is 250 g/mol. The number of aliphatic hydroxyl groups excluding tert-OH is 1. The van der Waals surface area contributed by atoms with E-state index in [1.54, 1.807) is 13.8 Å². The molecule has 2 rings (SSSR count). The second-order valence-corrected chi connectivity index (χ2v) is 6.14. The van der Waals surface area contributed by atoms with Gasteiger partial charge in [0.05, 0.1) is 0 Å². The smallest absolute Gasteiger partial charge is 0.190 e. The Kier molecular flexibility index (Phi) is 3.14. The van der Waals surface area contributed by atoms with E-state index in [4.69, 9.17) is 4.74 Å². The maximum atomic E-state index is 12.2. The number of hydrogen-bond donors (Lipinski definition) is 1. The highest BCUT2D eigenvalue weighted by Crippen LogP contribution is 2.41. The zero-order valence-corrected chi connectivity index (χ0v) is 11.6. The molecular weight excluding hydrogens is 228 g/mol. The lowest BCUT2D eigenvalue weighted by atomic mass is 9.74. The van der Waals surface area contributed by atoms with Crippen molar-refractivity contribution in [3.8, 4) is 0 Å². The number of carbonyl (C=O) groups is 1. The first-order valence-electron chi connectivity index (χ1n) is 6.57. The standard InChI is InChI=1S/C15H22O3/c1-10-5-7-11(8-6-10)15(4)13(17)9-12(16)14(2,3)18-15/h5,9,11,16H,6-8H2,1-4H3. The van der Waals surface area contributed by atoms with Gasteiger partial charge in [0, 0.05) is 6.08 Å². The lowest BCUT2D eigenvalue weighted by Crippen LogP contribution is -2.54. The van der Waals surface area contributed by atoms with Crippen LogP contribution < -0.4 is 0 Å². The molecule has 0 radical (unpaired) electrons. The van der Waals surface area contributed by atoms with E-state index in [1.807, 2.05) is 6.92 Å². The minimum absolute atomic E-state index is 0.0208. The topological polar surface area (TPSA) is 46.5 Å². The van der Waals surface area contributed by atoms with Crippen LogP contribution in [0.2, 0.25) is 0 Å². The van der Waals surface area contributed by atoms with Crippen molar-refractivity contribution in [3.05, 3.63) is 23.5 Å². The van der Waals surface area contributed by atoms with Gasteiger partial charge in [-0.2, -0.15) is 0 Å². The molecule has 1 aliphatic carbocycles. The third-order valence-corrected chi connectivity index (χ3v) is 4.26. The third kappa shape index (κ3) is 2.12. The van der Waals surface area contributed by atoms with E-state index in [1.165, 1.54) is 11.6 Å². The van der Waals surface area contributed by atoms with Crippen LogP contribution in [0.1, 0.15) is 47.0 Å². The van der Waals surface area contributed by atoms with Gasteiger partial charge >= 0.3 is 0 Å². The van der Waals surface area contributed by atoms with Crippen LogP contribution in [0.4, 0.5) is 0 Å². The fraction of sp³-hybridized carbons (Fsp3) is 0.667. The molecule has 0 aromatic carbocycles. The van der Waals surface area contributed by atoms with Crippen LogP contribution in [0.5, 0.6) is 0 Å². The van der Waals surface area contributed by atoms with Crippen molar-refractivity contribution in [2.24, 2.45) is 5.92 Å². The lowest BCUT2D eigenvalue weighted by molar-refractivity contribution is -0.178. The minimum atomic E-state index is -0.813. The number of aliphatic hydroxyl groups is 1. The molecule has 1 aliphatic heterocycles. The van der Waals surface area contributed by atoms with Crippen molar-refractivity contribution < 1.29 is 14.6 Å². The van der Waals surface area contributed by atoms with Crippen LogP contribution in [0.25, 0.3) is 0 Å². The molecule has 0 bridgehead atoms. The number of carbonyl (C=O) groups excluding carboxylic acids is 1. The van der Waals surface area contributed by atoms with Crippen molar-refractivity contribution in [1.82, 2.24) is 0 Å². The molecule has 1 heterocycles. The van der Waals surface area contributed by atoms with Gasteiger partial charge in [-0.25, -0.2) is 0 Å². The van der Waals surface area contributed by atoms with Crippen molar-refractivity contribution in [3.63, 3.8) is 0 Å². The Bertz CT molecular complexity index is 431. The molecule has 0 fully saturated rings. The summed E-state index contributed by atoms with van der Waals surface area (Å²) in [4.78, 5) is 12.2. The molecule has 0 saturated heterocycles. The van der Waals surface area contributed by atoms with Crippen LogP contribution >= 0.6 is 0 Å². The van der Waals surface area contributed by atoms with E-state index < -0.39 is 11.2 Å². The number of allylic oxidation sites excluding steroid dienone is 2. The second kappa shape index (κ2) is 4.23. The minimum Gasteiger partial charge on any atom is -0.509 e. The maximum Gasteiger partial charge on any atom is 0.190 e. The van der Waals surface area contributed by atoms with Crippen molar-refractivity contribution in [2.45, 2.75) is 58.2 Å². The summed E-state index contributed by atoms with van der Waals surface area (Å²) >= 11 is 0. The van der Waals surface area contributed by atoms with Gasteiger partial charge in [-0.1, -0.05) is 11.6 Å². The predicted octanol–water partition coefficient (Wildman–Crippen LogP) is 3.31. The van der Waals surface area contributed by atoms with Gasteiger partial charge in [0.2, 0.25) is 0 Å². The van der Waals surface area contributed by atoms with Crippen molar-refractivity contribution in [2.75, 3.05) is 0 Å². The Morgan fingerprint density at radius 1 is 1.39 bits per heavy atom. The molecule has 1 N–H and O–H groups in total. The first-order valence-corrected chi connectivity index (χ1v) is 6.57. The van der Waals surface area contributed by atoms with E-state index >= 15 is 0 Å². The third-order valence-electron chi connectivity index (χ3n) is 4.26. The van der Waals surface area contributed by atoms with Crippen molar-refractivity contribution >= 4 is 5.78 Å². The Balaban J connectivity index is 2.29. The molecule has 3 heteroatoms. The van der Waals surface area contributed by atoms with Crippen LogP contribution in [0.15, 0.2) is 23.5 Å². The summed E-state index contributed by atoms with van der Waals surface area (Å²) in [6.07, 6.45) is 6.40. The van der Waals surface area contributed by atoms with Gasteiger partial charge in [0.15, 0.2) is 5.78 Å². The zero-order valence-electron chi connectivity index (χ0n) is 11.6. The molecule has 2 unspecified atom stereocenters. The fourth-order valence-electron chi connectivity index (χ4n) is 2.82. The Morgan fingerprint density at radius 2 is 2.06 bits per heavy atom. The molecule has 100 valence electrons. The van der Waals surface area contributed by atoms with Gasteiger partial charge in [0.1, 0.15) is 17.0 Å². The molecule has 2 atom stereocenters. The molecule has 0 aromatic rings. The molecule has 18 heavy (non-hydrogen) atoms. The number of ketones is 1. The summed E-state index contributed by atoms with van der Waals surface area (Å²) in [5.74, 6) is 0.0992. The quantitative estimate of drug-likeness (QED) is 0.726. The Morgan fingerprint density at radius 3 is 2.61 bits per heavy atom. The van der Waals surface area contributed by atoms with Crippen LogP contribution in [-0.4, -0.2) is 22.1 Å². The highest BCUT2D eigenvalue weighted by atomic mass is 16.5. The largest absolute Gasteiger partial charge is 0.509 e. The molecule has 3 nitrogen and oxygen atoms in total. The summed E-state index contributed by atoms with van der Waals surface area (Å²) in [5, 5.41) is 9.78. The summed E-state index contributed by atoms with van der Waals surface area (Å²) in [7, 11) is 0. The van der Waals surface area contributed by atoms with Crippen LogP contribution in [0, 0.1) is 5.92 Å². The highest BCUT2D eigenvalue weighted by molar-refractivity contribution is 5.98. The molecular formula is C15H22O3. The predicted molar refractivity (Wildman–Crippen MR) is 70.4 cm³/mol. The molecule has 0 aromatic heterocycles.